The number of nitrogens with two attached hydrogens (primary N) is 1. The zero-order chi connectivity index (χ0) is 11.2. The third kappa shape index (κ3) is 2.95. The molecule has 0 unspecified atom stereocenters. The van der Waals surface area contributed by atoms with Gasteiger partial charge in [0.05, 0.1) is 0 Å². The standard InChI is InChI=1S/C13H21N3/c14-7-4-5-12-6-8-15-13(11-12)16-9-2-1-3-10-16/h6,8,11H,1-5,7,9-10,14H2. The predicted molar refractivity (Wildman–Crippen MR) is 67.7 cm³/mol. The fourth-order valence-electron chi connectivity index (χ4n) is 2.22. The highest BCUT2D eigenvalue weighted by molar-refractivity contribution is 5.41. The lowest BCUT2D eigenvalue weighted by Crippen LogP contribution is -2.30. The van der Waals surface area contributed by atoms with E-state index in [0.29, 0.717) is 0 Å². The minimum atomic E-state index is 0.765. The van der Waals surface area contributed by atoms with Gasteiger partial charge in [0.1, 0.15) is 5.82 Å². The monoisotopic (exact) mass is 219 g/mol. The van der Waals surface area contributed by atoms with Crippen LogP contribution in [0.4, 0.5) is 5.82 Å². The number of nitrogens with zero attached hydrogens (tertiary/aromatic N) is 2. The van der Waals surface area contributed by atoms with E-state index in [1.54, 1.807) is 0 Å². The predicted octanol–water partition coefficient (Wildman–Crippen LogP) is 1.96. The highest BCUT2D eigenvalue weighted by atomic mass is 15.2. The molecule has 1 saturated heterocycles. The Bertz CT molecular complexity index is 319. The van der Waals surface area contributed by atoms with Gasteiger partial charge < -0.3 is 10.6 Å². The molecule has 0 aliphatic carbocycles. The van der Waals surface area contributed by atoms with E-state index in [1.807, 2.05) is 6.20 Å². The number of anilines is 1. The molecule has 1 fully saturated rings. The third-order valence-electron chi connectivity index (χ3n) is 3.16. The van der Waals surface area contributed by atoms with E-state index >= 15 is 0 Å². The Morgan fingerprint density at radius 3 is 2.81 bits per heavy atom. The molecule has 0 bridgehead atoms. The average molecular weight is 219 g/mol. The van der Waals surface area contributed by atoms with E-state index in [2.05, 4.69) is 22.0 Å². The minimum absolute atomic E-state index is 0.765. The van der Waals surface area contributed by atoms with Crippen molar-refractivity contribution in [3.05, 3.63) is 23.9 Å². The highest BCUT2D eigenvalue weighted by Gasteiger charge is 2.11. The van der Waals surface area contributed by atoms with Crippen molar-refractivity contribution in [1.82, 2.24) is 4.98 Å². The lowest BCUT2D eigenvalue weighted by Gasteiger charge is -2.27. The van der Waals surface area contributed by atoms with Gasteiger partial charge in [0.2, 0.25) is 0 Å². The minimum Gasteiger partial charge on any atom is -0.357 e. The maximum atomic E-state index is 5.53. The number of hydrogen-bond acceptors (Lipinski definition) is 3. The van der Waals surface area contributed by atoms with Crippen molar-refractivity contribution in [3.8, 4) is 0 Å². The van der Waals surface area contributed by atoms with E-state index in [4.69, 9.17) is 5.73 Å². The van der Waals surface area contributed by atoms with Crippen molar-refractivity contribution in [3.63, 3.8) is 0 Å². The van der Waals surface area contributed by atoms with E-state index < -0.39 is 0 Å². The lowest BCUT2D eigenvalue weighted by molar-refractivity contribution is 0.573. The van der Waals surface area contributed by atoms with Crippen molar-refractivity contribution in [2.24, 2.45) is 5.73 Å². The summed E-state index contributed by atoms with van der Waals surface area (Å²) in [6.07, 6.45) is 8.02. The highest BCUT2D eigenvalue weighted by Crippen LogP contribution is 2.18. The SMILES string of the molecule is NCCCc1ccnc(N2CCCCC2)c1. The van der Waals surface area contributed by atoms with Gasteiger partial charge in [0, 0.05) is 19.3 Å². The molecule has 2 N–H and O–H groups in total. The molecule has 1 aliphatic heterocycles. The van der Waals surface area contributed by atoms with Crippen molar-refractivity contribution in [1.29, 1.82) is 0 Å². The van der Waals surface area contributed by atoms with Crippen LogP contribution in [0.1, 0.15) is 31.2 Å². The zero-order valence-corrected chi connectivity index (χ0v) is 9.86. The molecule has 3 heteroatoms. The summed E-state index contributed by atoms with van der Waals surface area (Å²) in [6.45, 7) is 3.09. The summed E-state index contributed by atoms with van der Waals surface area (Å²) < 4.78 is 0. The van der Waals surface area contributed by atoms with Crippen LogP contribution in [0, 0.1) is 0 Å². The van der Waals surface area contributed by atoms with Crippen LogP contribution in [0.3, 0.4) is 0 Å². The molecule has 3 nitrogen and oxygen atoms in total. The van der Waals surface area contributed by atoms with Crippen molar-refractivity contribution >= 4 is 5.82 Å². The summed E-state index contributed by atoms with van der Waals surface area (Å²) in [5.74, 6) is 1.15. The summed E-state index contributed by atoms with van der Waals surface area (Å²) in [7, 11) is 0. The molecular formula is C13H21N3. The summed E-state index contributed by atoms with van der Waals surface area (Å²) in [6, 6.07) is 4.32. The topological polar surface area (TPSA) is 42.1 Å². The van der Waals surface area contributed by atoms with Crippen molar-refractivity contribution < 1.29 is 0 Å². The van der Waals surface area contributed by atoms with Crippen LogP contribution < -0.4 is 10.6 Å². The Labute approximate surface area is 97.7 Å². The van der Waals surface area contributed by atoms with Crippen LogP contribution in [0.15, 0.2) is 18.3 Å². The average Bonchev–Trinajstić information content (AvgIpc) is 2.38. The van der Waals surface area contributed by atoms with Gasteiger partial charge in [-0.2, -0.15) is 0 Å². The molecular weight excluding hydrogens is 198 g/mol. The van der Waals surface area contributed by atoms with Crippen molar-refractivity contribution in [2.75, 3.05) is 24.5 Å². The maximum absolute atomic E-state index is 5.53. The first-order valence-corrected chi connectivity index (χ1v) is 6.30. The largest absolute Gasteiger partial charge is 0.357 e. The van der Waals surface area contributed by atoms with E-state index in [1.165, 1.54) is 24.8 Å². The molecule has 1 aliphatic rings. The number of hydrogen-bond donors (Lipinski definition) is 1. The summed E-state index contributed by atoms with van der Waals surface area (Å²) in [4.78, 5) is 6.86. The summed E-state index contributed by atoms with van der Waals surface area (Å²) in [5.41, 5.74) is 6.89. The Kier molecular flexibility index (Phi) is 4.17. The van der Waals surface area contributed by atoms with Gasteiger partial charge in [-0.3, -0.25) is 0 Å². The molecule has 16 heavy (non-hydrogen) atoms. The molecule has 2 heterocycles. The van der Waals surface area contributed by atoms with Gasteiger partial charge in [0.15, 0.2) is 0 Å². The molecule has 0 radical (unpaired) electrons. The van der Waals surface area contributed by atoms with E-state index in [-0.39, 0.29) is 0 Å². The van der Waals surface area contributed by atoms with Crippen LogP contribution in [-0.2, 0) is 6.42 Å². The first-order valence-electron chi connectivity index (χ1n) is 6.30. The quantitative estimate of drug-likeness (QED) is 0.841. The summed E-state index contributed by atoms with van der Waals surface area (Å²) >= 11 is 0. The van der Waals surface area contributed by atoms with Crippen LogP contribution >= 0.6 is 0 Å². The second-order valence-electron chi connectivity index (χ2n) is 4.46. The summed E-state index contributed by atoms with van der Waals surface area (Å²) in [5, 5.41) is 0. The number of aromatic nitrogens is 1. The van der Waals surface area contributed by atoms with Crippen LogP contribution in [0.2, 0.25) is 0 Å². The number of pyridine rings is 1. The van der Waals surface area contributed by atoms with E-state index in [9.17, 15) is 0 Å². The van der Waals surface area contributed by atoms with Gasteiger partial charge >= 0.3 is 0 Å². The number of piperidine rings is 1. The Hall–Kier alpha value is -1.09. The van der Waals surface area contributed by atoms with Crippen molar-refractivity contribution in [2.45, 2.75) is 32.1 Å². The molecule has 0 spiro atoms. The lowest BCUT2D eigenvalue weighted by atomic mass is 10.1. The van der Waals surface area contributed by atoms with Gasteiger partial charge in [-0.25, -0.2) is 4.98 Å². The number of rotatable bonds is 4. The maximum Gasteiger partial charge on any atom is 0.128 e. The number of aryl methyl sites for hydroxylation is 1. The van der Waals surface area contributed by atoms with Gasteiger partial charge in [-0.1, -0.05) is 0 Å². The van der Waals surface area contributed by atoms with E-state index in [0.717, 1.165) is 38.3 Å². The smallest absolute Gasteiger partial charge is 0.128 e. The first-order chi connectivity index (χ1) is 7.90. The third-order valence-corrected chi connectivity index (χ3v) is 3.16. The molecule has 0 aromatic carbocycles. The van der Waals surface area contributed by atoms with Crippen LogP contribution in [0.25, 0.3) is 0 Å². The zero-order valence-electron chi connectivity index (χ0n) is 9.86. The second kappa shape index (κ2) is 5.85. The van der Waals surface area contributed by atoms with Crippen LogP contribution in [0.5, 0.6) is 0 Å². The molecule has 0 atom stereocenters. The molecule has 0 saturated carbocycles. The molecule has 1 aromatic heterocycles. The fourth-order valence-corrected chi connectivity index (χ4v) is 2.22. The molecule has 2 rings (SSSR count). The molecule has 0 amide bonds. The Balaban J connectivity index is 2.02. The molecule has 88 valence electrons. The van der Waals surface area contributed by atoms with Gasteiger partial charge in [0.25, 0.3) is 0 Å². The second-order valence-corrected chi connectivity index (χ2v) is 4.46. The Morgan fingerprint density at radius 1 is 1.25 bits per heavy atom. The Morgan fingerprint density at radius 2 is 2.06 bits per heavy atom. The van der Waals surface area contributed by atoms with Gasteiger partial charge in [-0.05, 0) is 56.3 Å². The van der Waals surface area contributed by atoms with Gasteiger partial charge in [-0.15, -0.1) is 0 Å². The molecule has 1 aromatic rings. The first kappa shape index (κ1) is 11.4. The van der Waals surface area contributed by atoms with Crippen LogP contribution in [-0.4, -0.2) is 24.6 Å². The fraction of sp³-hybridized carbons (Fsp3) is 0.615. The normalized spacial score (nSPS) is 16.4.